The second-order valence-corrected chi connectivity index (χ2v) is 4.80. The number of aliphatic hydroxyl groups excluding tert-OH is 1. The van der Waals surface area contributed by atoms with Gasteiger partial charge in [-0.3, -0.25) is 4.79 Å². The molecule has 1 aromatic heterocycles. The molecule has 1 heterocycles. The molecule has 100 valence electrons. The maximum absolute atomic E-state index is 12.1. The van der Waals surface area contributed by atoms with E-state index in [4.69, 9.17) is 0 Å². The van der Waals surface area contributed by atoms with E-state index in [1.807, 2.05) is 72.2 Å². The molecule has 0 aliphatic heterocycles. The zero-order valence-electron chi connectivity index (χ0n) is 11.2. The molecule has 4 nitrogen and oxygen atoms in total. The van der Waals surface area contributed by atoms with Crippen LogP contribution in [0.4, 0.5) is 0 Å². The standard InChI is InChI=1S/C15H19N2O2/c1-12(17-9-8-16(2)11-17)14(18)10-15(19)13-6-4-3-5-7-13/h3-9,11-12,15,19H,10H2,1-2H3/q+1/t12-,15+/m0/s1. The Labute approximate surface area is 112 Å². The fourth-order valence-corrected chi connectivity index (χ4v) is 2.02. The molecule has 4 heteroatoms. The topological polar surface area (TPSA) is 46.1 Å². The first-order chi connectivity index (χ1) is 9.08. The Morgan fingerprint density at radius 3 is 2.63 bits per heavy atom. The molecule has 0 fully saturated rings. The predicted octanol–water partition coefficient (Wildman–Crippen LogP) is 1.57. The van der Waals surface area contributed by atoms with E-state index in [9.17, 15) is 9.90 Å². The third kappa shape index (κ3) is 3.29. The Morgan fingerprint density at radius 2 is 2.05 bits per heavy atom. The Morgan fingerprint density at radius 1 is 1.37 bits per heavy atom. The van der Waals surface area contributed by atoms with Gasteiger partial charge >= 0.3 is 0 Å². The lowest BCUT2D eigenvalue weighted by Gasteiger charge is -2.12. The summed E-state index contributed by atoms with van der Waals surface area (Å²) in [4.78, 5) is 12.1. The molecule has 0 amide bonds. The second kappa shape index (κ2) is 5.80. The number of aryl methyl sites for hydroxylation is 1. The number of hydrogen-bond donors (Lipinski definition) is 1. The SMILES string of the molecule is C[C@@H](C(=O)C[C@@H](O)c1ccccc1)n1cc[n+](C)c1. The Balaban J connectivity index is 2.01. The number of benzene rings is 1. The van der Waals surface area contributed by atoms with Gasteiger partial charge in [0.05, 0.1) is 13.2 Å². The van der Waals surface area contributed by atoms with Crippen molar-refractivity contribution in [1.29, 1.82) is 0 Å². The summed E-state index contributed by atoms with van der Waals surface area (Å²) < 4.78 is 3.73. The molecule has 1 N–H and O–H groups in total. The Bertz CT molecular complexity index is 548. The summed E-state index contributed by atoms with van der Waals surface area (Å²) in [5.41, 5.74) is 0.779. The van der Waals surface area contributed by atoms with Gasteiger partial charge in [-0.1, -0.05) is 30.3 Å². The summed E-state index contributed by atoms with van der Waals surface area (Å²) in [7, 11) is 1.91. The van der Waals surface area contributed by atoms with Gasteiger partial charge in [0.25, 0.3) is 0 Å². The van der Waals surface area contributed by atoms with Crippen molar-refractivity contribution in [3.8, 4) is 0 Å². The smallest absolute Gasteiger partial charge is 0.244 e. The van der Waals surface area contributed by atoms with Crippen molar-refractivity contribution < 1.29 is 14.5 Å². The van der Waals surface area contributed by atoms with Crippen LogP contribution >= 0.6 is 0 Å². The number of ketones is 1. The second-order valence-electron chi connectivity index (χ2n) is 4.80. The van der Waals surface area contributed by atoms with Crippen LogP contribution in [-0.4, -0.2) is 15.5 Å². The third-order valence-electron chi connectivity index (χ3n) is 3.28. The number of Topliss-reactive ketones (excluding diaryl/α,β-unsaturated/α-hetero) is 1. The number of imidazole rings is 1. The molecule has 0 spiro atoms. The van der Waals surface area contributed by atoms with Crippen molar-refractivity contribution in [2.45, 2.75) is 25.5 Å². The molecule has 0 bridgehead atoms. The first-order valence-electron chi connectivity index (χ1n) is 6.36. The molecular weight excluding hydrogens is 240 g/mol. The molecule has 1 aromatic carbocycles. The summed E-state index contributed by atoms with van der Waals surface area (Å²) >= 11 is 0. The van der Waals surface area contributed by atoms with Crippen LogP contribution in [0.5, 0.6) is 0 Å². The van der Waals surface area contributed by atoms with Gasteiger partial charge in [0.15, 0.2) is 11.8 Å². The van der Waals surface area contributed by atoms with Crippen molar-refractivity contribution in [3.05, 3.63) is 54.6 Å². The fourth-order valence-electron chi connectivity index (χ4n) is 2.02. The fraction of sp³-hybridized carbons (Fsp3) is 0.333. The van der Waals surface area contributed by atoms with Crippen LogP contribution in [0.25, 0.3) is 0 Å². The molecule has 2 aromatic rings. The van der Waals surface area contributed by atoms with Crippen LogP contribution < -0.4 is 4.57 Å². The average molecular weight is 259 g/mol. The monoisotopic (exact) mass is 259 g/mol. The largest absolute Gasteiger partial charge is 0.388 e. The highest BCUT2D eigenvalue weighted by Gasteiger charge is 2.22. The van der Waals surface area contributed by atoms with E-state index < -0.39 is 6.10 Å². The first kappa shape index (κ1) is 13.5. The molecular formula is C15H19N2O2+. The van der Waals surface area contributed by atoms with Crippen molar-refractivity contribution >= 4 is 5.78 Å². The van der Waals surface area contributed by atoms with Crippen molar-refractivity contribution in [2.75, 3.05) is 0 Å². The van der Waals surface area contributed by atoms with Crippen molar-refractivity contribution in [2.24, 2.45) is 7.05 Å². The zero-order valence-corrected chi connectivity index (χ0v) is 11.2. The number of hydrogen-bond acceptors (Lipinski definition) is 2. The highest BCUT2D eigenvalue weighted by molar-refractivity contribution is 5.82. The number of aliphatic hydroxyl groups is 1. The highest BCUT2D eigenvalue weighted by Crippen LogP contribution is 2.19. The van der Waals surface area contributed by atoms with E-state index in [2.05, 4.69) is 0 Å². The molecule has 19 heavy (non-hydrogen) atoms. The van der Waals surface area contributed by atoms with Gasteiger partial charge in [0.1, 0.15) is 12.4 Å². The molecule has 0 unspecified atom stereocenters. The minimum Gasteiger partial charge on any atom is -0.388 e. The van der Waals surface area contributed by atoms with Gasteiger partial charge in [-0.2, -0.15) is 0 Å². The maximum atomic E-state index is 12.1. The molecule has 0 saturated heterocycles. The molecule has 2 rings (SSSR count). The average Bonchev–Trinajstić information content (AvgIpc) is 2.85. The normalized spacial score (nSPS) is 14.1. The maximum Gasteiger partial charge on any atom is 0.244 e. The van der Waals surface area contributed by atoms with Crippen LogP contribution in [0.3, 0.4) is 0 Å². The van der Waals surface area contributed by atoms with Crippen molar-refractivity contribution in [3.63, 3.8) is 0 Å². The molecule has 0 aliphatic carbocycles. The number of nitrogens with zero attached hydrogens (tertiary/aromatic N) is 2. The number of carbonyl (C=O) groups excluding carboxylic acids is 1. The highest BCUT2D eigenvalue weighted by atomic mass is 16.3. The molecule has 0 saturated carbocycles. The lowest BCUT2D eigenvalue weighted by molar-refractivity contribution is -0.671. The Hall–Kier alpha value is -1.94. The van der Waals surface area contributed by atoms with E-state index >= 15 is 0 Å². The molecule has 2 atom stereocenters. The predicted molar refractivity (Wildman–Crippen MR) is 71.3 cm³/mol. The summed E-state index contributed by atoms with van der Waals surface area (Å²) in [6, 6.07) is 9.01. The van der Waals surface area contributed by atoms with Gasteiger partial charge in [-0.15, -0.1) is 0 Å². The molecule has 0 radical (unpaired) electrons. The quantitative estimate of drug-likeness (QED) is 0.828. The van der Waals surface area contributed by atoms with Gasteiger partial charge in [0.2, 0.25) is 6.33 Å². The Kier molecular flexibility index (Phi) is 4.12. The third-order valence-corrected chi connectivity index (χ3v) is 3.28. The van der Waals surface area contributed by atoms with Crippen LogP contribution in [0.15, 0.2) is 49.1 Å². The molecule has 0 aliphatic rings. The van der Waals surface area contributed by atoms with Gasteiger partial charge < -0.3 is 5.11 Å². The van der Waals surface area contributed by atoms with Crippen LogP contribution in [0, 0.1) is 0 Å². The van der Waals surface area contributed by atoms with E-state index in [1.54, 1.807) is 0 Å². The van der Waals surface area contributed by atoms with Gasteiger partial charge in [-0.25, -0.2) is 9.13 Å². The van der Waals surface area contributed by atoms with Crippen LogP contribution in [-0.2, 0) is 11.8 Å². The number of aromatic nitrogens is 2. The lowest BCUT2D eigenvalue weighted by atomic mass is 10.0. The number of carbonyl (C=O) groups is 1. The number of rotatable bonds is 5. The van der Waals surface area contributed by atoms with E-state index in [1.165, 1.54) is 0 Å². The van der Waals surface area contributed by atoms with E-state index in [-0.39, 0.29) is 18.2 Å². The van der Waals surface area contributed by atoms with Crippen LogP contribution in [0.1, 0.15) is 31.1 Å². The first-order valence-corrected chi connectivity index (χ1v) is 6.36. The van der Waals surface area contributed by atoms with E-state index in [0.29, 0.717) is 0 Å². The van der Waals surface area contributed by atoms with E-state index in [0.717, 1.165) is 5.56 Å². The minimum atomic E-state index is -0.736. The zero-order chi connectivity index (χ0) is 13.8. The van der Waals surface area contributed by atoms with Crippen molar-refractivity contribution in [1.82, 2.24) is 4.57 Å². The summed E-state index contributed by atoms with van der Waals surface area (Å²) in [5, 5.41) is 10.1. The minimum absolute atomic E-state index is 0.0209. The summed E-state index contributed by atoms with van der Waals surface area (Å²) in [6.07, 6.45) is 5.00. The lowest BCUT2D eigenvalue weighted by Crippen LogP contribution is -2.25. The van der Waals surface area contributed by atoms with Gasteiger partial charge in [0, 0.05) is 6.42 Å². The van der Waals surface area contributed by atoms with Crippen LogP contribution in [0.2, 0.25) is 0 Å². The van der Waals surface area contributed by atoms with Gasteiger partial charge in [-0.05, 0) is 12.5 Å². The summed E-state index contributed by atoms with van der Waals surface area (Å²) in [5.74, 6) is 0.0209. The summed E-state index contributed by atoms with van der Waals surface area (Å²) in [6.45, 7) is 1.85.